The maximum atomic E-state index is 13.1. The van der Waals surface area contributed by atoms with E-state index in [1.165, 1.54) is 0 Å². The molecule has 2 N–H and O–H groups in total. The fraction of sp³-hybridized carbons (Fsp3) is 0.133. The van der Waals surface area contributed by atoms with Gasteiger partial charge in [0.2, 0.25) is 18.6 Å². The van der Waals surface area contributed by atoms with Crippen molar-refractivity contribution in [2.75, 3.05) is 24.0 Å². The molecule has 0 saturated carbocycles. The Morgan fingerprint density at radius 1 is 0.902 bits per heavy atom. The number of anilines is 2. The largest absolute Gasteiger partial charge is 0.454 e. The molecule has 10 nitrogen and oxygen atoms in total. The number of thioether (sulfide) groups is 1. The number of fused-ring (bicyclic) bond motifs is 2. The lowest BCUT2D eigenvalue weighted by Crippen LogP contribution is -2.36. The van der Waals surface area contributed by atoms with Crippen molar-refractivity contribution in [3.8, 4) is 11.5 Å². The number of para-hydroxylation sites is 1. The zero-order valence-electron chi connectivity index (χ0n) is 21.9. The smallest absolute Gasteiger partial charge is 0.294 e. The summed E-state index contributed by atoms with van der Waals surface area (Å²) in [6.07, 6.45) is 3.39. The van der Waals surface area contributed by atoms with E-state index in [9.17, 15) is 19.2 Å². The highest BCUT2D eigenvalue weighted by atomic mass is 32.2. The zero-order chi connectivity index (χ0) is 28.5. The predicted octanol–water partition coefficient (Wildman–Crippen LogP) is 4.99. The first-order valence-electron chi connectivity index (χ1n) is 12.7. The van der Waals surface area contributed by atoms with Crippen molar-refractivity contribution in [3.05, 3.63) is 89.0 Å². The highest BCUT2D eigenvalue weighted by Crippen LogP contribution is 2.35. The van der Waals surface area contributed by atoms with E-state index in [-0.39, 0.29) is 24.2 Å². The van der Waals surface area contributed by atoms with E-state index in [1.807, 2.05) is 43.3 Å². The third-order valence-corrected chi connectivity index (χ3v) is 7.49. The minimum atomic E-state index is -0.545. The summed E-state index contributed by atoms with van der Waals surface area (Å²) in [5.41, 5.74) is 3.67. The molecule has 0 atom stereocenters. The van der Waals surface area contributed by atoms with E-state index in [1.54, 1.807) is 47.2 Å². The van der Waals surface area contributed by atoms with E-state index in [4.69, 9.17) is 9.47 Å². The van der Waals surface area contributed by atoms with Crippen LogP contribution >= 0.6 is 11.8 Å². The molecule has 206 valence electrons. The second-order valence-electron chi connectivity index (χ2n) is 9.53. The van der Waals surface area contributed by atoms with Crippen LogP contribution in [0.2, 0.25) is 0 Å². The average Bonchev–Trinajstić information content (AvgIpc) is 3.63. The van der Waals surface area contributed by atoms with Crippen molar-refractivity contribution < 1.29 is 28.7 Å². The summed E-state index contributed by atoms with van der Waals surface area (Å²) < 4.78 is 12.5. The molecule has 0 aliphatic carbocycles. The van der Waals surface area contributed by atoms with Gasteiger partial charge in [-0.3, -0.25) is 24.1 Å². The summed E-state index contributed by atoms with van der Waals surface area (Å²) in [4.78, 5) is 52.3. The Hall–Kier alpha value is -5.03. The Bertz CT molecular complexity index is 1740. The summed E-state index contributed by atoms with van der Waals surface area (Å²) in [5.74, 6) is -0.0755. The Morgan fingerprint density at radius 2 is 1.61 bits per heavy atom. The van der Waals surface area contributed by atoms with Crippen molar-refractivity contribution in [2.24, 2.45) is 0 Å². The lowest BCUT2D eigenvalue weighted by Gasteiger charge is -2.12. The summed E-state index contributed by atoms with van der Waals surface area (Å²) in [5, 5.41) is 5.87. The third kappa shape index (κ3) is 5.52. The zero-order valence-corrected chi connectivity index (χ0v) is 22.7. The molecule has 2 aliphatic heterocycles. The summed E-state index contributed by atoms with van der Waals surface area (Å²) in [6.45, 7) is 1.71. The van der Waals surface area contributed by atoms with Crippen molar-refractivity contribution in [3.63, 3.8) is 0 Å². The van der Waals surface area contributed by atoms with Gasteiger partial charge in [-0.15, -0.1) is 0 Å². The molecule has 3 heterocycles. The van der Waals surface area contributed by atoms with Gasteiger partial charge in [-0.1, -0.05) is 35.9 Å². The quantitative estimate of drug-likeness (QED) is 0.302. The summed E-state index contributed by atoms with van der Waals surface area (Å²) >= 11 is 0.778. The van der Waals surface area contributed by atoms with Gasteiger partial charge < -0.3 is 24.7 Å². The molecule has 4 aromatic rings. The molecule has 4 amide bonds. The maximum absolute atomic E-state index is 13.1. The number of carbonyl (C=O) groups excluding carboxylic acids is 4. The fourth-order valence-corrected chi connectivity index (χ4v) is 5.44. The normalized spacial score (nSPS) is 15.1. The van der Waals surface area contributed by atoms with Crippen LogP contribution in [0.1, 0.15) is 11.1 Å². The van der Waals surface area contributed by atoms with Gasteiger partial charge >= 0.3 is 0 Å². The van der Waals surface area contributed by atoms with Crippen molar-refractivity contribution in [1.29, 1.82) is 0 Å². The summed E-state index contributed by atoms with van der Waals surface area (Å²) in [7, 11) is 0. The lowest BCUT2D eigenvalue weighted by molar-refractivity contribution is -0.127. The molecule has 6 rings (SSSR count). The number of aromatic nitrogens is 1. The van der Waals surface area contributed by atoms with Crippen LogP contribution in [0.4, 0.5) is 16.2 Å². The van der Waals surface area contributed by atoms with Crippen molar-refractivity contribution >= 4 is 63.1 Å². The van der Waals surface area contributed by atoms with Crippen LogP contribution < -0.4 is 20.1 Å². The van der Waals surface area contributed by atoms with Crippen LogP contribution in [0.15, 0.2) is 77.8 Å². The van der Waals surface area contributed by atoms with Gasteiger partial charge in [0.15, 0.2) is 11.5 Å². The van der Waals surface area contributed by atoms with E-state index in [0.717, 1.165) is 33.1 Å². The molecule has 41 heavy (non-hydrogen) atoms. The molecule has 2 aliphatic rings. The van der Waals surface area contributed by atoms with Gasteiger partial charge in [-0.2, -0.15) is 0 Å². The van der Waals surface area contributed by atoms with Crippen LogP contribution in [0.5, 0.6) is 11.5 Å². The first kappa shape index (κ1) is 26.2. The molecule has 3 aromatic carbocycles. The Kier molecular flexibility index (Phi) is 6.94. The van der Waals surface area contributed by atoms with Crippen LogP contribution in [0.25, 0.3) is 17.0 Å². The maximum Gasteiger partial charge on any atom is 0.294 e. The minimum Gasteiger partial charge on any atom is -0.454 e. The molecular formula is C30H24N4O6S. The lowest BCUT2D eigenvalue weighted by atomic mass is 10.1. The number of hydrogen-bond acceptors (Lipinski definition) is 7. The number of imide groups is 1. The van der Waals surface area contributed by atoms with Gasteiger partial charge in [0, 0.05) is 40.1 Å². The van der Waals surface area contributed by atoms with Crippen molar-refractivity contribution in [2.45, 2.75) is 13.5 Å². The number of carbonyl (C=O) groups is 4. The molecule has 0 unspecified atom stereocenters. The number of benzene rings is 3. The molecule has 0 radical (unpaired) electrons. The highest BCUT2D eigenvalue weighted by Gasteiger charge is 2.36. The first-order valence-corrected chi connectivity index (χ1v) is 13.5. The molecule has 1 fully saturated rings. The standard InChI is InChI=1S/C30H24N4O6S/c1-18-6-8-20(9-7-18)31-28(36)16-34-29(37)26(41-30(34)38)12-19-14-33(23-5-3-2-4-22(19)23)15-27(35)32-21-10-11-24-25(13-21)40-17-39-24/h2-14H,15-17H2,1H3,(H,31,36)(H,32,35)/b26-12-. The van der Waals surface area contributed by atoms with Gasteiger partial charge in [0.05, 0.1) is 4.91 Å². The molecule has 11 heteroatoms. The van der Waals surface area contributed by atoms with Crippen molar-refractivity contribution in [1.82, 2.24) is 9.47 Å². The number of rotatable bonds is 7. The number of nitrogens with zero attached hydrogens (tertiary/aromatic N) is 2. The van der Waals surface area contributed by atoms with Gasteiger partial charge in [-0.05, 0) is 55.1 Å². The van der Waals surface area contributed by atoms with Gasteiger partial charge in [0.25, 0.3) is 11.1 Å². The van der Waals surface area contributed by atoms with Crippen LogP contribution in [-0.2, 0) is 20.9 Å². The number of amides is 4. The monoisotopic (exact) mass is 568 g/mol. The minimum absolute atomic E-state index is 0.0173. The Morgan fingerprint density at radius 3 is 2.44 bits per heavy atom. The fourth-order valence-electron chi connectivity index (χ4n) is 4.61. The summed E-state index contributed by atoms with van der Waals surface area (Å²) in [6, 6.07) is 19.9. The molecule has 1 aromatic heterocycles. The third-order valence-electron chi connectivity index (χ3n) is 6.59. The predicted molar refractivity (Wildman–Crippen MR) is 156 cm³/mol. The van der Waals surface area contributed by atoms with Gasteiger partial charge in [-0.25, -0.2) is 0 Å². The van der Waals surface area contributed by atoms with Crippen LogP contribution in [0, 0.1) is 6.92 Å². The molecule has 1 saturated heterocycles. The number of ether oxygens (including phenoxy) is 2. The second-order valence-corrected chi connectivity index (χ2v) is 10.5. The van der Waals surface area contributed by atoms with Gasteiger partial charge in [0.1, 0.15) is 13.1 Å². The second kappa shape index (κ2) is 10.9. The van der Waals surface area contributed by atoms with E-state index in [2.05, 4.69) is 10.6 Å². The first-order chi connectivity index (χ1) is 19.8. The Balaban J connectivity index is 1.17. The highest BCUT2D eigenvalue weighted by molar-refractivity contribution is 8.18. The number of aryl methyl sites for hydroxylation is 1. The van der Waals surface area contributed by atoms with E-state index < -0.39 is 23.6 Å². The number of nitrogens with one attached hydrogen (secondary N) is 2. The molecule has 0 spiro atoms. The van der Waals surface area contributed by atoms with Crippen LogP contribution in [-0.4, -0.2) is 45.8 Å². The van der Waals surface area contributed by atoms with E-state index in [0.29, 0.717) is 28.4 Å². The Labute approximate surface area is 238 Å². The molecule has 0 bridgehead atoms. The number of hydrogen-bond donors (Lipinski definition) is 2. The topological polar surface area (TPSA) is 119 Å². The molecular weight excluding hydrogens is 544 g/mol. The van der Waals surface area contributed by atoms with E-state index >= 15 is 0 Å². The average molecular weight is 569 g/mol. The van der Waals surface area contributed by atoms with Crippen LogP contribution in [0.3, 0.4) is 0 Å². The SMILES string of the molecule is Cc1ccc(NC(=O)CN2C(=O)S/C(=C\c3cn(CC(=O)Nc4ccc5c(c4)OCO5)c4ccccc34)C2=O)cc1.